The number of para-hydroxylation sites is 2. The van der Waals surface area contributed by atoms with E-state index < -0.39 is 5.82 Å². The van der Waals surface area contributed by atoms with Crippen LogP contribution in [0.15, 0.2) is 54.6 Å². The van der Waals surface area contributed by atoms with Crippen molar-refractivity contribution in [2.24, 2.45) is 11.3 Å². The zero-order chi connectivity index (χ0) is 29.1. The summed E-state index contributed by atoms with van der Waals surface area (Å²) in [4.78, 5) is 31.9. The molecule has 1 N–H and O–H groups in total. The Morgan fingerprint density at radius 2 is 1.75 bits per heavy atom. The van der Waals surface area contributed by atoms with Crippen LogP contribution in [0.25, 0.3) is 6.08 Å². The standard InChI is InChI=1S/C32H45FN4O3/c1-25(24-32(2,3)4)23-30(38)36(16-10-12-26-11-6-9-15-29(26)40-5)20-17-35-18-21-37(22-19-35)31(39)34-28-14-8-7-13-27(28)33/h6-15,25H,16-24H2,1-5H3,(H,34,39)/b12-10+. The van der Waals surface area contributed by atoms with Crippen LogP contribution in [0.4, 0.5) is 14.9 Å². The number of carbonyl (C=O) groups is 2. The van der Waals surface area contributed by atoms with Gasteiger partial charge in [-0.1, -0.05) is 70.2 Å². The quantitative estimate of drug-likeness (QED) is 0.372. The molecule has 0 aliphatic carbocycles. The van der Waals surface area contributed by atoms with E-state index in [4.69, 9.17) is 4.74 Å². The molecular weight excluding hydrogens is 507 g/mol. The highest BCUT2D eigenvalue weighted by Crippen LogP contribution is 2.26. The fourth-order valence-corrected chi connectivity index (χ4v) is 5.17. The van der Waals surface area contributed by atoms with Gasteiger partial charge in [0, 0.05) is 57.8 Å². The first-order chi connectivity index (χ1) is 19.1. The predicted molar refractivity (Wildman–Crippen MR) is 160 cm³/mol. The van der Waals surface area contributed by atoms with Gasteiger partial charge in [0.15, 0.2) is 0 Å². The van der Waals surface area contributed by atoms with E-state index in [2.05, 4.69) is 37.9 Å². The number of ether oxygens (including phenoxy) is 1. The van der Waals surface area contributed by atoms with E-state index in [0.29, 0.717) is 51.6 Å². The van der Waals surface area contributed by atoms with Gasteiger partial charge in [0.1, 0.15) is 11.6 Å². The molecular formula is C32H45FN4O3. The molecule has 1 unspecified atom stereocenters. The summed E-state index contributed by atoms with van der Waals surface area (Å²) in [5.74, 6) is 0.803. The molecule has 7 nitrogen and oxygen atoms in total. The molecule has 1 saturated heterocycles. The van der Waals surface area contributed by atoms with Crippen LogP contribution in [-0.2, 0) is 4.79 Å². The first-order valence-electron chi connectivity index (χ1n) is 14.2. The number of urea groups is 1. The van der Waals surface area contributed by atoms with Gasteiger partial charge in [-0.15, -0.1) is 0 Å². The van der Waals surface area contributed by atoms with E-state index in [1.54, 1.807) is 30.2 Å². The van der Waals surface area contributed by atoms with E-state index in [-0.39, 0.29) is 23.0 Å². The summed E-state index contributed by atoms with van der Waals surface area (Å²) in [7, 11) is 1.66. The number of nitrogens with one attached hydrogen (secondary N) is 1. The van der Waals surface area contributed by atoms with Gasteiger partial charge in [-0.3, -0.25) is 9.69 Å². The first-order valence-corrected chi connectivity index (χ1v) is 14.2. The highest BCUT2D eigenvalue weighted by molar-refractivity contribution is 5.89. The van der Waals surface area contributed by atoms with Crippen LogP contribution < -0.4 is 10.1 Å². The Labute approximate surface area is 239 Å². The second-order valence-corrected chi connectivity index (χ2v) is 11.8. The van der Waals surface area contributed by atoms with Crippen LogP contribution >= 0.6 is 0 Å². The summed E-state index contributed by atoms with van der Waals surface area (Å²) in [5, 5.41) is 2.66. The number of benzene rings is 2. The lowest BCUT2D eigenvalue weighted by atomic mass is 9.84. The monoisotopic (exact) mass is 552 g/mol. The Bertz CT molecular complexity index is 1140. The Balaban J connectivity index is 1.56. The van der Waals surface area contributed by atoms with Crippen molar-refractivity contribution >= 4 is 23.7 Å². The topological polar surface area (TPSA) is 65.1 Å². The average Bonchev–Trinajstić information content (AvgIpc) is 2.91. The van der Waals surface area contributed by atoms with Crippen LogP contribution in [0, 0.1) is 17.2 Å². The van der Waals surface area contributed by atoms with E-state index in [0.717, 1.165) is 24.3 Å². The number of nitrogens with zero attached hydrogens (tertiary/aromatic N) is 3. The number of piperazine rings is 1. The first kappa shape index (κ1) is 31.1. The smallest absolute Gasteiger partial charge is 0.322 e. The van der Waals surface area contributed by atoms with Crippen LogP contribution in [0.2, 0.25) is 0 Å². The Morgan fingerprint density at radius 3 is 2.42 bits per heavy atom. The number of rotatable bonds is 11. The molecule has 2 aromatic rings. The van der Waals surface area contributed by atoms with E-state index in [9.17, 15) is 14.0 Å². The minimum absolute atomic E-state index is 0.157. The Hall–Kier alpha value is -3.39. The van der Waals surface area contributed by atoms with Gasteiger partial charge in [-0.25, -0.2) is 9.18 Å². The molecule has 0 spiro atoms. The van der Waals surface area contributed by atoms with E-state index >= 15 is 0 Å². The minimum Gasteiger partial charge on any atom is -0.496 e. The summed E-state index contributed by atoms with van der Waals surface area (Å²) in [5.41, 5.74) is 1.33. The van der Waals surface area contributed by atoms with Crippen molar-refractivity contribution in [1.82, 2.24) is 14.7 Å². The van der Waals surface area contributed by atoms with Gasteiger partial charge >= 0.3 is 6.03 Å². The highest BCUT2D eigenvalue weighted by atomic mass is 19.1. The number of halogens is 1. The lowest BCUT2D eigenvalue weighted by Crippen LogP contribution is -2.51. The zero-order valence-electron chi connectivity index (χ0n) is 24.7. The number of hydrogen-bond donors (Lipinski definition) is 1. The third kappa shape index (κ3) is 9.97. The molecule has 1 aliphatic heterocycles. The maximum absolute atomic E-state index is 13.9. The molecule has 1 fully saturated rings. The summed E-state index contributed by atoms with van der Waals surface area (Å²) < 4.78 is 19.4. The van der Waals surface area contributed by atoms with Gasteiger partial charge in [-0.05, 0) is 36.0 Å². The van der Waals surface area contributed by atoms with Crippen LogP contribution in [0.3, 0.4) is 0 Å². The molecule has 8 heteroatoms. The molecule has 1 atom stereocenters. The summed E-state index contributed by atoms with van der Waals surface area (Å²) >= 11 is 0. The summed E-state index contributed by atoms with van der Waals surface area (Å²) in [6.45, 7) is 13.1. The molecule has 1 aliphatic rings. The van der Waals surface area contributed by atoms with Gasteiger partial charge < -0.3 is 19.9 Å². The third-order valence-electron chi connectivity index (χ3n) is 7.06. The molecule has 3 amide bonds. The van der Waals surface area contributed by atoms with Gasteiger partial charge in [0.25, 0.3) is 0 Å². The maximum Gasteiger partial charge on any atom is 0.322 e. The van der Waals surface area contributed by atoms with Crippen molar-refractivity contribution in [3.05, 3.63) is 66.0 Å². The van der Waals surface area contributed by atoms with Gasteiger partial charge in [0.05, 0.1) is 12.8 Å². The lowest BCUT2D eigenvalue weighted by molar-refractivity contribution is -0.132. The second kappa shape index (κ2) is 14.8. The molecule has 218 valence electrons. The van der Waals surface area contributed by atoms with E-state index in [1.807, 2.05) is 41.3 Å². The van der Waals surface area contributed by atoms with Crippen LogP contribution in [0.5, 0.6) is 5.75 Å². The lowest BCUT2D eigenvalue weighted by Gasteiger charge is -2.36. The largest absolute Gasteiger partial charge is 0.496 e. The molecule has 1 heterocycles. The zero-order valence-corrected chi connectivity index (χ0v) is 24.7. The number of methoxy groups -OCH3 is 1. The van der Waals surface area contributed by atoms with Crippen molar-refractivity contribution in [3.8, 4) is 5.75 Å². The Kier molecular flexibility index (Phi) is 11.6. The fraction of sp³-hybridized carbons (Fsp3) is 0.500. The molecule has 40 heavy (non-hydrogen) atoms. The number of amides is 3. The van der Waals surface area contributed by atoms with Gasteiger partial charge in [-0.2, -0.15) is 0 Å². The molecule has 3 rings (SSSR count). The van der Waals surface area contributed by atoms with Crippen LogP contribution in [-0.4, -0.2) is 79.6 Å². The van der Waals surface area contributed by atoms with Crippen molar-refractivity contribution in [2.75, 3.05) is 58.2 Å². The van der Waals surface area contributed by atoms with Crippen LogP contribution in [0.1, 0.15) is 46.1 Å². The number of hydrogen-bond acceptors (Lipinski definition) is 4. The van der Waals surface area contributed by atoms with Crippen molar-refractivity contribution < 1.29 is 18.7 Å². The number of anilines is 1. The maximum atomic E-state index is 13.9. The predicted octanol–water partition coefficient (Wildman–Crippen LogP) is 5.99. The highest BCUT2D eigenvalue weighted by Gasteiger charge is 2.24. The average molecular weight is 553 g/mol. The third-order valence-corrected chi connectivity index (χ3v) is 7.06. The molecule has 0 saturated carbocycles. The molecule has 2 aromatic carbocycles. The van der Waals surface area contributed by atoms with Gasteiger partial charge in [0.2, 0.25) is 5.91 Å². The molecule has 0 radical (unpaired) electrons. The van der Waals surface area contributed by atoms with Crippen molar-refractivity contribution in [1.29, 1.82) is 0 Å². The number of carbonyl (C=O) groups excluding carboxylic acids is 2. The van der Waals surface area contributed by atoms with Crippen molar-refractivity contribution in [3.63, 3.8) is 0 Å². The summed E-state index contributed by atoms with van der Waals surface area (Å²) in [6.07, 6.45) is 5.53. The van der Waals surface area contributed by atoms with Crippen molar-refractivity contribution in [2.45, 2.75) is 40.5 Å². The normalized spacial score (nSPS) is 15.2. The summed E-state index contributed by atoms with van der Waals surface area (Å²) in [6, 6.07) is 13.7. The second-order valence-electron chi connectivity index (χ2n) is 11.8. The molecule has 0 aromatic heterocycles. The molecule has 0 bridgehead atoms. The fourth-order valence-electron chi connectivity index (χ4n) is 5.17. The van der Waals surface area contributed by atoms with E-state index in [1.165, 1.54) is 6.07 Å². The Morgan fingerprint density at radius 1 is 1.07 bits per heavy atom. The minimum atomic E-state index is -0.448. The SMILES string of the molecule is COc1ccccc1/C=C/CN(CCN1CCN(C(=O)Nc2ccccc2F)CC1)C(=O)CC(C)CC(C)(C)C.